The highest BCUT2D eigenvalue weighted by atomic mass is 16.5. The lowest BCUT2D eigenvalue weighted by molar-refractivity contribution is -0.00601. The van der Waals surface area contributed by atoms with Crippen LogP contribution in [0.25, 0.3) is 0 Å². The molecule has 2 N–H and O–H groups in total. The summed E-state index contributed by atoms with van der Waals surface area (Å²) in [5.41, 5.74) is 8.70. The van der Waals surface area contributed by atoms with Gasteiger partial charge in [0.2, 0.25) is 0 Å². The van der Waals surface area contributed by atoms with Gasteiger partial charge in [0, 0.05) is 18.6 Å². The second kappa shape index (κ2) is 6.04. The molecule has 0 amide bonds. The standard InChI is InChI=1S/C16H26N2O/c1-4-18(16(2,3)12-17)11-15-14-8-6-5-7-13(14)9-10-19-15/h5-8,15H,4,9-12,17H2,1-3H3. The maximum absolute atomic E-state index is 5.99. The zero-order valence-corrected chi connectivity index (χ0v) is 12.4. The van der Waals surface area contributed by atoms with Crippen LogP contribution >= 0.6 is 0 Å². The van der Waals surface area contributed by atoms with Crippen LogP contribution in [0.1, 0.15) is 38.0 Å². The van der Waals surface area contributed by atoms with Gasteiger partial charge in [0.1, 0.15) is 0 Å². The molecule has 1 aliphatic heterocycles. The SMILES string of the molecule is CCN(CC1OCCc2ccccc21)C(C)(C)CN. The number of benzene rings is 1. The van der Waals surface area contributed by atoms with Crippen molar-refractivity contribution in [1.82, 2.24) is 4.90 Å². The number of ether oxygens (including phenoxy) is 1. The zero-order chi connectivity index (χ0) is 13.9. The lowest BCUT2D eigenvalue weighted by Crippen LogP contribution is -2.51. The van der Waals surface area contributed by atoms with Crippen LogP contribution in [-0.2, 0) is 11.2 Å². The van der Waals surface area contributed by atoms with Crippen LogP contribution in [0.2, 0.25) is 0 Å². The van der Waals surface area contributed by atoms with Gasteiger partial charge in [-0.15, -0.1) is 0 Å². The largest absolute Gasteiger partial charge is 0.372 e. The molecule has 3 nitrogen and oxygen atoms in total. The van der Waals surface area contributed by atoms with E-state index in [-0.39, 0.29) is 11.6 Å². The molecular formula is C16H26N2O. The molecule has 1 aliphatic rings. The highest BCUT2D eigenvalue weighted by Crippen LogP contribution is 2.29. The summed E-state index contributed by atoms with van der Waals surface area (Å²) in [5, 5.41) is 0. The molecule has 1 aromatic carbocycles. The monoisotopic (exact) mass is 262 g/mol. The summed E-state index contributed by atoms with van der Waals surface area (Å²) in [5.74, 6) is 0. The molecule has 0 radical (unpaired) electrons. The topological polar surface area (TPSA) is 38.5 Å². The molecular weight excluding hydrogens is 236 g/mol. The van der Waals surface area contributed by atoms with E-state index in [4.69, 9.17) is 10.5 Å². The second-order valence-corrected chi connectivity index (χ2v) is 5.86. The van der Waals surface area contributed by atoms with Crippen LogP contribution in [0.3, 0.4) is 0 Å². The summed E-state index contributed by atoms with van der Waals surface area (Å²) < 4.78 is 5.99. The van der Waals surface area contributed by atoms with Crippen LogP contribution < -0.4 is 5.73 Å². The molecule has 0 saturated heterocycles. The Morgan fingerprint density at radius 1 is 1.37 bits per heavy atom. The van der Waals surface area contributed by atoms with E-state index in [1.165, 1.54) is 11.1 Å². The summed E-state index contributed by atoms with van der Waals surface area (Å²) >= 11 is 0. The van der Waals surface area contributed by atoms with Crippen molar-refractivity contribution in [3.05, 3.63) is 35.4 Å². The van der Waals surface area contributed by atoms with Gasteiger partial charge in [-0.05, 0) is 37.9 Å². The lowest BCUT2D eigenvalue weighted by Gasteiger charge is -2.40. The molecule has 1 unspecified atom stereocenters. The van der Waals surface area contributed by atoms with Gasteiger partial charge < -0.3 is 10.5 Å². The van der Waals surface area contributed by atoms with E-state index >= 15 is 0 Å². The van der Waals surface area contributed by atoms with Crippen LogP contribution in [0.4, 0.5) is 0 Å². The molecule has 1 heterocycles. The molecule has 1 aromatic rings. The fourth-order valence-corrected chi connectivity index (χ4v) is 2.76. The third-order valence-electron chi connectivity index (χ3n) is 4.22. The molecule has 0 fully saturated rings. The van der Waals surface area contributed by atoms with Crippen LogP contribution in [-0.4, -0.2) is 36.7 Å². The Morgan fingerprint density at radius 3 is 2.79 bits per heavy atom. The molecule has 19 heavy (non-hydrogen) atoms. The molecule has 106 valence electrons. The van der Waals surface area contributed by atoms with Gasteiger partial charge in [-0.3, -0.25) is 4.90 Å². The van der Waals surface area contributed by atoms with Crippen molar-refractivity contribution in [3.63, 3.8) is 0 Å². The van der Waals surface area contributed by atoms with Crippen molar-refractivity contribution in [2.24, 2.45) is 5.73 Å². The van der Waals surface area contributed by atoms with E-state index < -0.39 is 0 Å². The third-order valence-corrected chi connectivity index (χ3v) is 4.22. The van der Waals surface area contributed by atoms with Gasteiger partial charge in [0.05, 0.1) is 12.7 Å². The van der Waals surface area contributed by atoms with Crippen LogP contribution in [0.15, 0.2) is 24.3 Å². The fourth-order valence-electron chi connectivity index (χ4n) is 2.76. The predicted octanol–water partition coefficient (Wildman–Crippen LogP) is 2.36. The van der Waals surface area contributed by atoms with E-state index in [2.05, 4.69) is 49.9 Å². The van der Waals surface area contributed by atoms with Gasteiger partial charge >= 0.3 is 0 Å². The third kappa shape index (κ3) is 3.16. The number of nitrogens with zero attached hydrogens (tertiary/aromatic N) is 1. The van der Waals surface area contributed by atoms with E-state index in [0.717, 1.165) is 26.1 Å². The number of hydrogen-bond donors (Lipinski definition) is 1. The Kier molecular flexibility index (Phi) is 4.61. The van der Waals surface area contributed by atoms with Crippen molar-refractivity contribution in [2.45, 2.75) is 38.8 Å². The Labute approximate surface area is 116 Å². The minimum absolute atomic E-state index is 0.0184. The summed E-state index contributed by atoms with van der Waals surface area (Å²) in [7, 11) is 0. The first-order valence-corrected chi connectivity index (χ1v) is 7.23. The van der Waals surface area contributed by atoms with E-state index in [9.17, 15) is 0 Å². The Hall–Kier alpha value is -0.900. The first-order valence-electron chi connectivity index (χ1n) is 7.23. The summed E-state index contributed by atoms with van der Waals surface area (Å²) in [4.78, 5) is 2.42. The molecule has 0 aromatic heterocycles. The van der Waals surface area contributed by atoms with Crippen molar-refractivity contribution < 1.29 is 4.74 Å². The van der Waals surface area contributed by atoms with Crippen molar-refractivity contribution in [2.75, 3.05) is 26.2 Å². The van der Waals surface area contributed by atoms with Gasteiger partial charge in [0.25, 0.3) is 0 Å². The number of rotatable bonds is 5. The lowest BCUT2D eigenvalue weighted by atomic mass is 9.95. The van der Waals surface area contributed by atoms with E-state index in [1.54, 1.807) is 0 Å². The second-order valence-electron chi connectivity index (χ2n) is 5.86. The number of likely N-dealkylation sites (N-methyl/N-ethyl adjacent to an activating group) is 1. The highest BCUT2D eigenvalue weighted by Gasteiger charge is 2.29. The van der Waals surface area contributed by atoms with Crippen molar-refractivity contribution >= 4 is 0 Å². The molecule has 0 bridgehead atoms. The smallest absolute Gasteiger partial charge is 0.0954 e. The van der Waals surface area contributed by atoms with Gasteiger partial charge in [-0.25, -0.2) is 0 Å². The molecule has 3 heteroatoms. The Balaban J connectivity index is 2.15. The van der Waals surface area contributed by atoms with Gasteiger partial charge in [-0.2, -0.15) is 0 Å². The van der Waals surface area contributed by atoms with Gasteiger partial charge in [0.15, 0.2) is 0 Å². The first kappa shape index (κ1) is 14.5. The summed E-state index contributed by atoms with van der Waals surface area (Å²) in [6.07, 6.45) is 1.20. The van der Waals surface area contributed by atoms with Gasteiger partial charge in [-0.1, -0.05) is 31.2 Å². The number of nitrogens with two attached hydrogens (primary N) is 1. The van der Waals surface area contributed by atoms with E-state index in [1.807, 2.05) is 0 Å². The van der Waals surface area contributed by atoms with Crippen LogP contribution in [0.5, 0.6) is 0 Å². The molecule has 2 rings (SSSR count). The normalized spacial score (nSPS) is 19.5. The predicted molar refractivity (Wildman–Crippen MR) is 79.2 cm³/mol. The molecule has 0 aliphatic carbocycles. The maximum Gasteiger partial charge on any atom is 0.0954 e. The van der Waals surface area contributed by atoms with Crippen molar-refractivity contribution in [1.29, 1.82) is 0 Å². The average Bonchev–Trinajstić information content (AvgIpc) is 2.44. The quantitative estimate of drug-likeness (QED) is 0.885. The molecule has 0 saturated carbocycles. The number of fused-ring (bicyclic) bond motifs is 1. The highest BCUT2D eigenvalue weighted by molar-refractivity contribution is 5.31. The van der Waals surface area contributed by atoms with Crippen LogP contribution in [0, 0.1) is 0 Å². The number of hydrogen-bond acceptors (Lipinski definition) is 3. The molecule has 0 spiro atoms. The Morgan fingerprint density at radius 2 is 2.11 bits per heavy atom. The average molecular weight is 262 g/mol. The maximum atomic E-state index is 5.99. The Bertz CT molecular complexity index is 417. The minimum atomic E-state index is 0.0184. The fraction of sp³-hybridized carbons (Fsp3) is 0.625. The summed E-state index contributed by atoms with van der Waals surface area (Å²) in [6, 6.07) is 8.63. The first-order chi connectivity index (χ1) is 9.08. The minimum Gasteiger partial charge on any atom is -0.372 e. The van der Waals surface area contributed by atoms with E-state index in [0.29, 0.717) is 6.54 Å². The molecule has 1 atom stereocenters. The summed E-state index contributed by atoms with van der Waals surface area (Å²) in [6.45, 7) is 9.98. The zero-order valence-electron chi connectivity index (χ0n) is 12.4. The van der Waals surface area contributed by atoms with Crippen molar-refractivity contribution in [3.8, 4) is 0 Å².